The van der Waals surface area contributed by atoms with Crippen molar-refractivity contribution in [2.75, 3.05) is 13.2 Å². The predicted octanol–water partition coefficient (Wildman–Crippen LogP) is 0.0391. The molecule has 0 spiro atoms. The minimum atomic E-state index is -0.598. The van der Waals surface area contributed by atoms with E-state index < -0.39 is 11.9 Å². The maximum absolute atomic E-state index is 11.3. The summed E-state index contributed by atoms with van der Waals surface area (Å²) in [6.07, 6.45) is 0.254. The molecule has 1 atom stereocenters. The zero-order valence-electron chi connectivity index (χ0n) is 9.58. The van der Waals surface area contributed by atoms with Crippen molar-refractivity contribution in [3.63, 3.8) is 0 Å². The molecule has 0 aliphatic carbocycles. The second-order valence-corrected chi connectivity index (χ2v) is 3.64. The van der Waals surface area contributed by atoms with E-state index in [0.29, 0.717) is 13.2 Å². The molecule has 0 heterocycles. The minimum absolute atomic E-state index is 0.00135. The number of ether oxygens (including phenoxy) is 1. The number of hydrogen-bond donors (Lipinski definition) is 2. The van der Waals surface area contributed by atoms with Gasteiger partial charge in [-0.05, 0) is 12.8 Å². The first-order valence-electron chi connectivity index (χ1n) is 5.15. The highest BCUT2D eigenvalue weighted by molar-refractivity contribution is 5.86. The van der Waals surface area contributed by atoms with Crippen LogP contribution in [0, 0.1) is 5.92 Å². The molecule has 5 heteroatoms. The number of primary amides is 1. The molecule has 0 radical (unpaired) electrons. The zero-order chi connectivity index (χ0) is 11.8. The second kappa shape index (κ2) is 7.23. The van der Waals surface area contributed by atoms with Crippen LogP contribution in [0.5, 0.6) is 0 Å². The second-order valence-electron chi connectivity index (χ2n) is 3.64. The summed E-state index contributed by atoms with van der Waals surface area (Å²) in [4.78, 5) is 22.3. The SMILES string of the molecule is CCOCCC(=O)N[C@H](C(N)=O)C(C)C. The van der Waals surface area contributed by atoms with E-state index in [1.807, 2.05) is 20.8 Å². The molecule has 0 fully saturated rings. The van der Waals surface area contributed by atoms with Gasteiger partial charge < -0.3 is 15.8 Å². The summed E-state index contributed by atoms with van der Waals surface area (Å²) in [7, 11) is 0. The minimum Gasteiger partial charge on any atom is -0.381 e. The van der Waals surface area contributed by atoms with Crippen molar-refractivity contribution in [1.29, 1.82) is 0 Å². The summed E-state index contributed by atoms with van der Waals surface area (Å²) in [5, 5.41) is 2.58. The van der Waals surface area contributed by atoms with Gasteiger partial charge in [-0.1, -0.05) is 13.8 Å². The molecule has 3 N–H and O–H groups in total. The van der Waals surface area contributed by atoms with Crippen molar-refractivity contribution in [2.24, 2.45) is 11.7 Å². The van der Waals surface area contributed by atoms with Crippen LogP contribution in [0.4, 0.5) is 0 Å². The van der Waals surface area contributed by atoms with Gasteiger partial charge in [-0.3, -0.25) is 9.59 Å². The van der Waals surface area contributed by atoms with Crippen LogP contribution >= 0.6 is 0 Å². The monoisotopic (exact) mass is 216 g/mol. The molecule has 0 saturated heterocycles. The van der Waals surface area contributed by atoms with E-state index in [0.717, 1.165) is 0 Å². The molecule has 88 valence electrons. The van der Waals surface area contributed by atoms with Crippen LogP contribution < -0.4 is 11.1 Å². The Balaban J connectivity index is 3.95. The van der Waals surface area contributed by atoms with Crippen LogP contribution in [0.25, 0.3) is 0 Å². The highest BCUT2D eigenvalue weighted by Gasteiger charge is 2.20. The van der Waals surface area contributed by atoms with Gasteiger partial charge in [-0.25, -0.2) is 0 Å². The Morgan fingerprint density at radius 3 is 2.40 bits per heavy atom. The lowest BCUT2D eigenvalue weighted by Crippen LogP contribution is -2.47. The third-order valence-corrected chi connectivity index (χ3v) is 1.97. The number of amides is 2. The lowest BCUT2D eigenvalue weighted by Gasteiger charge is -2.18. The van der Waals surface area contributed by atoms with Crippen molar-refractivity contribution < 1.29 is 14.3 Å². The molecule has 0 rings (SSSR count). The zero-order valence-corrected chi connectivity index (χ0v) is 9.58. The summed E-state index contributed by atoms with van der Waals surface area (Å²) >= 11 is 0. The maximum Gasteiger partial charge on any atom is 0.240 e. The lowest BCUT2D eigenvalue weighted by molar-refractivity contribution is -0.128. The van der Waals surface area contributed by atoms with E-state index in [2.05, 4.69) is 5.32 Å². The summed E-state index contributed by atoms with van der Waals surface area (Å²) < 4.78 is 5.03. The Labute approximate surface area is 90.4 Å². The fraction of sp³-hybridized carbons (Fsp3) is 0.800. The molecule has 5 nitrogen and oxygen atoms in total. The van der Waals surface area contributed by atoms with Crippen LogP contribution in [-0.4, -0.2) is 31.1 Å². The number of hydrogen-bond acceptors (Lipinski definition) is 3. The molecule has 2 amide bonds. The van der Waals surface area contributed by atoms with E-state index in [1.165, 1.54) is 0 Å². The number of nitrogens with two attached hydrogens (primary N) is 1. The van der Waals surface area contributed by atoms with E-state index in [1.54, 1.807) is 0 Å². The molecular weight excluding hydrogens is 196 g/mol. The molecular formula is C10H20N2O3. The smallest absolute Gasteiger partial charge is 0.240 e. The first-order valence-corrected chi connectivity index (χ1v) is 5.15. The Morgan fingerprint density at radius 2 is 2.00 bits per heavy atom. The highest BCUT2D eigenvalue weighted by atomic mass is 16.5. The van der Waals surface area contributed by atoms with E-state index >= 15 is 0 Å². The largest absolute Gasteiger partial charge is 0.381 e. The maximum atomic E-state index is 11.3. The third-order valence-electron chi connectivity index (χ3n) is 1.97. The van der Waals surface area contributed by atoms with Crippen LogP contribution in [0.3, 0.4) is 0 Å². The molecule has 0 saturated carbocycles. The highest BCUT2D eigenvalue weighted by Crippen LogP contribution is 2.01. The fourth-order valence-electron chi connectivity index (χ4n) is 1.12. The average Bonchev–Trinajstić information content (AvgIpc) is 2.13. The quantitative estimate of drug-likeness (QED) is 0.589. The van der Waals surface area contributed by atoms with Gasteiger partial charge in [0.25, 0.3) is 0 Å². The first-order chi connectivity index (χ1) is 6.99. The Hall–Kier alpha value is -1.10. The summed E-state index contributed by atoms with van der Waals surface area (Å²) in [5.74, 6) is -0.714. The van der Waals surface area contributed by atoms with Crippen LogP contribution in [0.2, 0.25) is 0 Å². The third kappa shape index (κ3) is 6.06. The van der Waals surface area contributed by atoms with Gasteiger partial charge >= 0.3 is 0 Å². The van der Waals surface area contributed by atoms with Gasteiger partial charge in [0, 0.05) is 13.0 Å². The Kier molecular flexibility index (Phi) is 6.70. The van der Waals surface area contributed by atoms with Gasteiger partial charge in [0.1, 0.15) is 6.04 Å². The topological polar surface area (TPSA) is 81.4 Å². The van der Waals surface area contributed by atoms with Crippen molar-refractivity contribution in [1.82, 2.24) is 5.32 Å². The van der Waals surface area contributed by atoms with Crippen LogP contribution in [0.15, 0.2) is 0 Å². The van der Waals surface area contributed by atoms with Gasteiger partial charge in [-0.15, -0.1) is 0 Å². The molecule has 0 aliphatic rings. The van der Waals surface area contributed by atoms with E-state index in [9.17, 15) is 9.59 Å². The van der Waals surface area contributed by atoms with Crippen LogP contribution in [0.1, 0.15) is 27.2 Å². The number of carbonyl (C=O) groups is 2. The van der Waals surface area contributed by atoms with Gasteiger partial charge in [0.05, 0.1) is 6.61 Å². The summed E-state index contributed by atoms with van der Waals surface area (Å²) in [6, 6.07) is -0.598. The lowest BCUT2D eigenvalue weighted by atomic mass is 10.0. The van der Waals surface area contributed by atoms with Crippen molar-refractivity contribution in [2.45, 2.75) is 33.2 Å². The summed E-state index contributed by atoms with van der Waals surface area (Å²) in [5.41, 5.74) is 5.16. The molecule has 0 unspecified atom stereocenters. The van der Waals surface area contributed by atoms with E-state index in [-0.39, 0.29) is 18.2 Å². The molecule has 15 heavy (non-hydrogen) atoms. The van der Waals surface area contributed by atoms with Crippen LogP contribution in [-0.2, 0) is 14.3 Å². The summed E-state index contributed by atoms with van der Waals surface area (Å²) in [6.45, 7) is 6.47. The number of nitrogens with one attached hydrogen (secondary N) is 1. The normalized spacial score (nSPS) is 12.5. The number of carbonyl (C=O) groups excluding carboxylic acids is 2. The first kappa shape index (κ1) is 13.9. The van der Waals surface area contributed by atoms with Gasteiger partial charge in [0.2, 0.25) is 11.8 Å². The van der Waals surface area contributed by atoms with E-state index in [4.69, 9.17) is 10.5 Å². The number of rotatable bonds is 7. The predicted molar refractivity (Wildman–Crippen MR) is 57.1 cm³/mol. The van der Waals surface area contributed by atoms with Crippen molar-refractivity contribution >= 4 is 11.8 Å². The molecule has 0 bridgehead atoms. The Bertz CT molecular complexity index is 217. The van der Waals surface area contributed by atoms with Crippen molar-refractivity contribution in [3.8, 4) is 0 Å². The molecule has 0 aliphatic heterocycles. The average molecular weight is 216 g/mol. The van der Waals surface area contributed by atoms with Crippen molar-refractivity contribution in [3.05, 3.63) is 0 Å². The van der Waals surface area contributed by atoms with Gasteiger partial charge in [0.15, 0.2) is 0 Å². The fourth-order valence-corrected chi connectivity index (χ4v) is 1.12. The molecule has 0 aromatic heterocycles. The molecule has 0 aromatic rings. The molecule has 0 aromatic carbocycles. The standard InChI is InChI=1S/C10H20N2O3/c1-4-15-6-5-8(13)12-9(7(2)3)10(11)14/h7,9H,4-6H2,1-3H3,(H2,11,14)(H,12,13)/t9-/m0/s1. The van der Waals surface area contributed by atoms with Gasteiger partial charge in [-0.2, -0.15) is 0 Å². The Morgan fingerprint density at radius 1 is 1.40 bits per heavy atom.